The first-order valence-electron chi connectivity index (χ1n) is 6.10. The van der Waals surface area contributed by atoms with Gasteiger partial charge in [-0.25, -0.2) is 9.98 Å². The summed E-state index contributed by atoms with van der Waals surface area (Å²) >= 11 is 5.74. The molecule has 2 aromatic rings. The second-order valence-electron chi connectivity index (χ2n) is 4.12. The molecule has 4 nitrogen and oxygen atoms in total. The summed E-state index contributed by atoms with van der Waals surface area (Å²) in [4.78, 5) is 7.57. The Morgan fingerprint density at radius 3 is 2.95 bits per heavy atom. The fourth-order valence-electron chi connectivity index (χ4n) is 1.85. The minimum absolute atomic E-state index is 0.0187. The Morgan fingerprint density at radius 2 is 2.25 bits per heavy atom. The van der Waals surface area contributed by atoms with Gasteiger partial charge in [0.25, 0.3) is 0 Å². The molecule has 0 amide bonds. The predicted molar refractivity (Wildman–Crippen MR) is 84.3 cm³/mol. The number of furan rings is 1. The number of halogens is 1. The molecule has 1 heterocycles. The van der Waals surface area contributed by atoms with Crippen molar-refractivity contribution >= 4 is 40.4 Å². The molecule has 1 aromatic carbocycles. The molecule has 2 rings (SSSR count). The van der Waals surface area contributed by atoms with Crippen LogP contribution in [0.1, 0.15) is 18.1 Å². The number of rotatable bonds is 5. The molecule has 0 aliphatic rings. The van der Waals surface area contributed by atoms with E-state index in [-0.39, 0.29) is 11.2 Å². The Balaban J connectivity index is 2.30. The number of fused-ring (bicyclic) bond motifs is 1. The second kappa shape index (κ2) is 6.82. The fourth-order valence-corrected chi connectivity index (χ4v) is 1.96. The first-order chi connectivity index (χ1) is 9.74. The number of para-hydroxylation sites is 1. The highest BCUT2D eigenvalue weighted by atomic mass is 35.5. The maximum Gasteiger partial charge on any atom is 0.223 e. The van der Waals surface area contributed by atoms with Crippen LogP contribution < -0.4 is 0 Å². The van der Waals surface area contributed by atoms with Crippen molar-refractivity contribution in [2.75, 3.05) is 0 Å². The van der Waals surface area contributed by atoms with Gasteiger partial charge in [-0.15, -0.1) is 6.58 Å². The summed E-state index contributed by atoms with van der Waals surface area (Å²) in [5, 5.41) is 7.90. The second-order valence-corrected chi connectivity index (χ2v) is 4.46. The van der Waals surface area contributed by atoms with E-state index in [4.69, 9.17) is 21.4 Å². The highest BCUT2D eigenvalue weighted by Crippen LogP contribution is 2.26. The largest absolute Gasteiger partial charge is 0.460 e. The van der Waals surface area contributed by atoms with Gasteiger partial charge in [-0.3, -0.25) is 5.41 Å². The Morgan fingerprint density at radius 1 is 1.45 bits per heavy atom. The number of aliphatic imine (C=N–C) groups is 2. The summed E-state index contributed by atoms with van der Waals surface area (Å²) < 4.78 is 5.81. The van der Waals surface area contributed by atoms with Crippen molar-refractivity contribution in [3.05, 3.63) is 48.7 Å². The number of allylic oxidation sites excluding steroid dienone is 1. The van der Waals surface area contributed by atoms with E-state index in [9.17, 15) is 0 Å². The molecule has 102 valence electrons. The van der Waals surface area contributed by atoms with Gasteiger partial charge in [0.2, 0.25) is 5.29 Å². The molecule has 0 saturated heterocycles. The van der Waals surface area contributed by atoms with Crippen molar-refractivity contribution in [2.24, 2.45) is 9.98 Å². The molecule has 0 aliphatic carbocycles. The average Bonchev–Trinajstić information content (AvgIpc) is 2.87. The number of hydrogen-bond donors (Lipinski definition) is 1. The molecule has 1 aromatic heterocycles. The lowest BCUT2D eigenvalue weighted by Gasteiger charge is -2.04. The lowest BCUT2D eigenvalue weighted by molar-refractivity contribution is 0.538. The number of nitrogens with one attached hydrogen (secondary N) is 1. The van der Waals surface area contributed by atoms with Crippen molar-refractivity contribution in [3.8, 4) is 0 Å². The van der Waals surface area contributed by atoms with Crippen molar-refractivity contribution in [2.45, 2.75) is 12.3 Å². The monoisotopic (exact) mass is 287 g/mol. The lowest BCUT2D eigenvalue weighted by atomic mass is 10.0. The zero-order valence-corrected chi connectivity index (χ0v) is 11.5. The van der Waals surface area contributed by atoms with Crippen molar-refractivity contribution < 1.29 is 4.42 Å². The van der Waals surface area contributed by atoms with Gasteiger partial charge in [0.05, 0.1) is 5.92 Å². The van der Waals surface area contributed by atoms with Crippen molar-refractivity contribution in [1.82, 2.24) is 0 Å². The van der Waals surface area contributed by atoms with E-state index in [0.717, 1.165) is 23.1 Å². The predicted octanol–water partition coefficient (Wildman–Crippen LogP) is 4.37. The van der Waals surface area contributed by atoms with Crippen LogP contribution in [-0.4, -0.2) is 17.8 Å². The molecule has 0 radical (unpaired) electrons. The first kappa shape index (κ1) is 14.2. The van der Waals surface area contributed by atoms with E-state index in [0.29, 0.717) is 6.42 Å². The Labute approximate surface area is 122 Å². The molecule has 0 bridgehead atoms. The fraction of sp³-hybridized carbons (Fsp3) is 0.133. The maximum absolute atomic E-state index is 6.83. The van der Waals surface area contributed by atoms with Crippen LogP contribution >= 0.6 is 11.6 Å². The maximum atomic E-state index is 6.83. The normalized spacial score (nSPS) is 13.8. The van der Waals surface area contributed by atoms with Gasteiger partial charge in [0.15, 0.2) is 0 Å². The number of benzene rings is 1. The van der Waals surface area contributed by atoms with Crippen molar-refractivity contribution in [1.29, 1.82) is 5.41 Å². The average molecular weight is 288 g/mol. The van der Waals surface area contributed by atoms with E-state index >= 15 is 0 Å². The smallest absolute Gasteiger partial charge is 0.223 e. The third-order valence-corrected chi connectivity index (χ3v) is 2.96. The molecule has 20 heavy (non-hydrogen) atoms. The zero-order chi connectivity index (χ0) is 14.4. The van der Waals surface area contributed by atoms with E-state index in [2.05, 4.69) is 16.6 Å². The van der Waals surface area contributed by atoms with E-state index in [1.54, 1.807) is 12.3 Å². The summed E-state index contributed by atoms with van der Waals surface area (Å²) in [6, 6.07) is 9.79. The van der Waals surface area contributed by atoms with Crippen LogP contribution in [0.15, 0.2) is 57.4 Å². The quantitative estimate of drug-likeness (QED) is 0.377. The van der Waals surface area contributed by atoms with Crippen LogP contribution in [0.2, 0.25) is 0 Å². The van der Waals surface area contributed by atoms with E-state index in [1.807, 2.05) is 30.3 Å². The van der Waals surface area contributed by atoms with E-state index in [1.165, 1.54) is 0 Å². The van der Waals surface area contributed by atoms with Crippen LogP contribution in [0.25, 0.3) is 11.0 Å². The highest BCUT2D eigenvalue weighted by molar-refractivity contribution is 6.66. The summed E-state index contributed by atoms with van der Waals surface area (Å²) in [5.74, 6) is 0.740. The third kappa shape index (κ3) is 3.42. The molecule has 0 spiro atoms. The van der Waals surface area contributed by atoms with Crippen molar-refractivity contribution in [3.63, 3.8) is 0 Å². The van der Waals surface area contributed by atoms with Gasteiger partial charge < -0.3 is 4.42 Å². The molecule has 0 saturated carbocycles. The van der Waals surface area contributed by atoms with Crippen LogP contribution in [-0.2, 0) is 0 Å². The molecule has 0 aliphatic heterocycles. The molecule has 1 atom stereocenters. The van der Waals surface area contributed by atoms with Crippen LogP contribution in [0.4, 0.5) is 0 Å². The molecule has 0 fully saturated rings. The van der Waals surface area contributed by atoms with Gasteiger partial charge >= 0.3 is 0 Å². The van der Waals surface area contributed by atoms with Crippen LogP contribution in [0.5, 0.6) is 0 Å². The minimum atomic E-state index is -0.0606. The highest BCUT2D eigenvalue weighted by Gasteiger charge is 2.13. The van der Waals surface area contributed by atoms with Gasteiger partial charge in [0.1, 0.15) is 17.7 Å². The summed E-state index contributed by atoms with van der Waals surface area (Å²) in [5.41, 5.74) is 0.837. The molecular weight excluding hydrogens is 274 g/mol. The van der Waals surface area contributed by atoms with Gasteiger partial charge in [-0.1, -0.05) is 24.3 Å². The third-order valence-electron chi connectivity index (χ3n) is 2.76. The SMILES string of the molecule is C=CCC(/C=N/C(Cl)=N\C=N)c1cc2ccccc2o1. The summed E-state index contributed by atoms with van der Waals surface area (Å²) in [6.45, 7) is 3.74. The van der Waals surface area contributed by atoms with Crippen LogP contribution in [0.3, 0.4) is 0 Å². The Bertz CT molecular complexity index is 640. The standard InChI is InChI=1S/C15H14ClN3O/c1-2-5-12(9-18-15(16)19-10-17)14-8-11-6-3-4-7-13(11)20-14/h2-4,6-10,12,17H,1,5H2/b17-10?,18-9+,19-15-. The molecule has 5 heteroatoms. The summed E-state index contributed by atoms with van der Waals surface area (Å²) in [6.07, 6.45) is 4.99. The zero-order valence-electron chi connectivity index (χ0n) is 10.8. The Kier molecular flexibility index (Phi) is 4.85. The Hall–Kier alpha value is -2.20. The topological polar surface area (TPSA) is 61.7 Å². The lowest BCUT2D eigenvalue weighted by Crippen LogP contribution is -1.99. The van der Waals surface area contributed by atoms with E-state index < -0.39 is 0 Å². The van der Waals surface area contributed by atoms with Gasteiger partial charge in [0, 0.05) is 11.6 Å². The molecular formula is C15H14ClN3O. The molecule has 1 unspecified atom stereocenters. The minimum Gasteiger partial charge on any atom is -0.460 e. The summed E-state index contributed by atoms with van der Waals surface area (Å²) in [7, 11) is 0. The molecule has 1 N–H and O–H groups in total. The first-order valence-corrected chi connectivity index (χ1v) is 6.48. The van der Waals surface area contributed by atoms with Gasteiger partial charge in [-0.2, -0.15) is 0 Å². The van der Waals surface area contributed by atoms with Crippen LogP contribution in [0, 0.1) is 5.41 Å². The number of hydrogen-bond acceptors (Lipinski definition) is 2. The van der Waals surface area contributed by atoms with Gasteiger partial charge in [-0.05, 0) is 30.2 Å². The number of nitrogens with zero attached hydrogens (tertiary/aromatic N) is 2. The number of amidine groups is 1.